The minimum Gasteiger partial charge on any atom is -0.426 e. The molecule has 0 saturated heterocycles. The molecular formula is C13H11NO2. The molecule has 1 heterocycles. The Kier molecular flexibility index (Phi) is 2.96. The summed E-state index contributed by atoms with van der Waals surface area (Å²) in [7, 11) is 0. The van der Waals surface area contributed by atoms with Gasteiger partial charge in [-0.1, -0.05) is 18.2 Å². The predicted molar refractivity (Wildman–Crippen MR) is 61.0 cm³/mol. The molecule has 0 unspecified atom stereocenters. The standard InChI is InChI=1S/C13H11NO2/c1-10(15)16-13-8-3-2-6-11(13)12-7-4-5-9-14-12/h2-9H,1H3. The van der Waals surface area contributed by atoms with E-state index < -0.39 is 0 Å². The lowest BCUT2D eigenvalue weighted by molar-refractivity contribution is -0.131. The van der Waals surface area contributed by atoms with E-state index in [1.807, 2.05) is 36.4 Å². The van der Waals surface area contributed by atoms with Crippen LogP contribution in [0.4, 0.5) is 0 Å². The molecule has 80 valence electrons. The number of aromatic nitrogens is 1. The number of hydrogen-bond donors (Lipinski definition) is 0. The van der Waals surface area contributed by atoms with Crippen LogP contribution in [0, 0.1) is 0 Å². The number of ether oxygens (including phenoxy) is 1. The summed E-state index contributed by atoms with van der Waals surface area (Å²) < 4.78 is 5.12. The van der Waals surface area contributed by atoms with Crippen LogP contribution in [-0.4, -0.2) is 11.0 Å². The second kappa shape index (κ2) is 4.57. The zero-order valence-corrected chi connectivity index (χ0v) is 8.88. The van der Waals surface area contributed by atoms with Crippen molar-refractivity contribution in [2.24, 2.45) is 0 Å². The van der Waals surface area contributed by atoms with Crippen molar-refractivity contribution in [3.63, 3.8) is 0 Å². The van der Waals surface area contributed by atoms with Gasteiger partial charge in [0, 0.05) is 18.7 Å². The maximum atomic E-state index is 11.0. The lowest BCUT2D eigenvalue weighted by Gasteiger charge is -2.07. The molecule has 16 heavy (non-hydrogen) atoms. The number of esters is 1. The number of benzene rings is 1. The third kappa shape index (κ3) is 2.25. The van der Waals surface area contributed by atoms with Gasteiger partial charge in [-0.2, -0.15) is 0 Å². The quantitative estimate of drug-likeness (QED) is 0.568. The van der Waals surface area contributed by atoms with Crippen LogP contribution >= 0.6 is 0 Å². The maximum absolute atomic E-state index is 11.0. The number of para-hydroxylation sites is 1. The Balaban J connectivity index is 2.44. The molecular weight excluding hydrogens is 202 g/mol. The smallest absolute Gasteiger partial charge is 0.308 e. The molecule has 0 aliphatic heterocycles. The maximum Gasteiger partial charge on any atom is 0.308 e. The van der Waals surface area contributed by atoms with Crippen molar-refractivity contribution < 1.29 is 9.53 Å². The van der Waals surface area contributed by atoms with Crippen LogP contribution in [0.5, 0.6) is 5.75 Å². The first-order chi connectivity index (χ1) is 7.77. The molecule has 0 spiro atoms. The van der Waals surface area contributed by atoms with E-state index in [0.29, 0.717) is 5.75 Å². The molecule has 3 nitrogen and oxygen atoms in total. The fourth-order valence-electron chi connectivity index (χ4n) is 1.44. The Hall–Kier alpha value is -2.16. The van der Waals surface area contributed by atoms with E-state index in [2.05, 4.69) is 4.98 Å². The first kappa shape index (κ1) is 10.4. The highest BCUT2D eigenvalue weighted by Crippen LogP contribution is 2.27. The van der Waals surface area contributed by atoms with E-state index in [1.165, 1.54) is 6.92 Å². The number of pyridine rings is 1. The molecule has 0 bridgehead atoms. The van der Waals surface area contributed by atoms with Crippen molar-refractivity contribution in [3.8, 4) is 17.0 Å². The Bertz CT molecular complexity index is 494. The van der Waals surface area contributed by atoms with Crippen LogP contribution in [0.15, 0.2) is 48.7 Å². The lowest BCUT2D eigenvalue weighted by Crippen LogP contribution is -2.02. The van der Waals surface area contributed by atoms with Crippen LogP contribution in [0.1, 0.15) is 6.92 Å². The van der Waals surface area contributed by atoms with Crippen molar-refractivity contribution in [3.05, 3.63) is 48.7 Å². The topological polar surface area (TPSA) is 39.2 Å². The van der Waals surface area contributed by atoms with Gasteiger partial charge in [0.25, 0.3) is 0 Å². The Morgan fingerprint density at radius 2 is 1.88 bits per heavy atom. The SMILES string of the molecule is CC(=O)Oc1ccccc1-c1ccccn1. The monoisotopic (exact) mass is 213 g/mol. The summed E-state index contributed by atoms with van der Waals surface area (Å²) >= 11 is 0. The van der Waals surface area contributed by atoms with Gasteiger partial charge in [-0.15, -0.1) is 0 Å². The van der Waals surface area contributed by atoms with Gasteiger partial charge in [0.05, 0.1) is 5.69 Å². The summed E-state index contributed by atoms with van der Waals surface area (Å²) in [5.74, 6) is 0.206. The van der Waals surface area contributed by atoms with E-state index in [0.717, 1.165) is 11.3 Å². The average molecular weight is 213 g/mol. The highest BCUT2D eigenvalue weighted by Gasteiger charge is 2.07. The second-order valence-electron chi connectivity index (χ2n) is 3.30. The second-order valence-corrected chi connectivity index (χ2v) is 3.30. The minimum absolute atomic E-state index is 0.330. The van der Waals surface area contributed by atoms with Gasteiger partial charge in [-0.3, -0.25) is 9.78 Å². The van der Waals surface area contributed by atoms with Crippen LogP contribution in [0.25, 0.3) is 11.3 Å². The van der Waals surface area contributed by atoms with Crippen molar-refractivity contribution in [1.29, 1.82) is 0 Å². The minimum atomic E-state index is -0.330. The molecule has 0 atom stereocenters. The number of rotatable bonds is 2. The van der Waals surface area contributed by atoms with Gasteiger partial charge in [-0.25, -0.2) is 0 Å². The molecule has 2 rings (SSSR count). The molecule has 0 fully saturated rings. The molecule has 0 aliphatic rings. The van der Waals surface area contributed by atoms with E-state index in [4.69, 9.17) is 4.74 Å². The summed E-state index contributed by atoms with van der Waals surface area (Å²) in [6.45, 7) is 1.38. The first-order valence-corrected chi connectivity index (χ1v) is 4.96. The molecule has 0 radical (unpaired) electrons. The molecule has 0 aliphatic carbocycles. The summed E-state index contributed by atoms with van der Waals surface area (Å²) in [6.07, 6.45) is 1.71. The van der Waals surface area contributed by atoms with Crippen molar-refractivity contribution in [2.75, 3.05) is 0 Å². The van der Waals surface area contributed by atoms with Crippen LogP contribution < -0.4 is 4.74 Å². The summed E-state index contributed by atoms with van der Waals surface area (Å²) in [6, 6.07) is 13.0. The molecule has 3 heteroatoms. The number of carbonyl (C=O) groups excluding carboxylic acids is 1. The van der Waals surface area contributed by atoms with Crippen LogP contribution in [0.3, 0.4) is 0 Å². The summed E-state index contributed by atoms with van der Waals surface area (Å²) in [5.41, 5.74) is 1.61. The highest BCUT2D eigenvalue weighted by atomic mass is 16.5. The fourth-order valence-corrected chi connectivity index (χ4v) is 1.44. The van der Waals surface area contributed by atoms with E-state index in [1.54, 1.807) is 12.3 Å². The van der Waals surface area contributed by atoms with Gasteiger partial charge in [0.1, 0.15) is 5.75 Å². The highest BCUT2D eigenvalue weighted by molar-refractivity contribution is 5.75. The van der Waals surface area contributed by atoms with E-state index >= 15 is 0 Å². The number of carbonyl (C=O) groups is 1. The van der Waals surface area contributed by atoms with Crippen LogP contribution in [0.2, 0.25) is 0 Å². The zero-order chi connectivity index (χ0) is 11.4. The number of hydrogen-bond acceptors (Lipinski definition) is 3. The Morgan fingerprint density at radius 3 is 2.56 bits per heavy atom. The molecule has 2 aromatic rings. The largest absolute Gasteiger partial charge is 0.426 e. The molecule has 0 N–H and O–H groups in total. The van der Waals surface area contributed by atoms with Crippen molar-refractivity contribution in [1.82, 2.24) is 4.98 Å². The lowest BCUT2D eigenvalue weighted by atomic mass is 10.1. The molecule has 1 aromatic carbocycles. The van der Waals surface area contributed by atoms with Gasteiger partial charge in [0.15, 0.2) is 0 Å². The Morgan fingerprint density at radius 1 is 1.12 bits per heavy atom. The summed E-state index contributed by atoms with van der Waals surface area (Å²) in [5, 5.41) is 0. The normalized spacial score (nSPS) is 9.81. The van der Waals surface area contributed by atoms with E-state index in [9.17, 15) is 4.79 Å². The first-order valence-electron chi connectivity index (χ1n) is 4.96. The fraction of sp³-hybridized carbons (Fsp3) is 0.0769. The molecule has 1 aromatic heterocycles. The van der Waals surface area contributed by atoms with E-state index in [-0.39, 0.29) is 5.97 Å². The Labute approximate surface area is 93.7 Å². The van der Waals surface area contributed by atoms with Crippen molar-refractivity contribution >= 4 is 5.97 Å². The number of nitrogens with zero attached hydrogens (tertiary/aromatic N) is 1. The van der Waals surface area contributed by atoms with Crippen LogP contribution in [-0.2, 0) is 4.79 Å². The molecule has 0 saturated carbocycles. The van der Waals surface area contributed by atoms with Gasteiger partial charge >= 0.3 is 5.97 Å². The van der Waals surface area contributed by atoms with Crippen molar-refractivity contribution in [2.45, 2.75) is 6.92 Å². The average Bonchev–Trinajstić information content (AvgIpc) is 2.30. The van der Waals surface area contributed by atoms with Gasteiger partial charge in [-0.05, 0) is 24.3 Å². The van der Waals surface area contributed by atoms with Gasteiger partial charge in [0.2, 0.25) is 0 Å². The zero-order valence-electron chi connectivity index (χ0n) is 8.88. The predicted octanol–water partition coefficient (Wildman–Crippen LogP) is 2.67. The molecule has 0 amide bonds. The third-order valence-electron chi connectivity index (χ3n) is 2.08. The third-order valence-corrected chi connectivity index (χ3v) is 2.08. The summed E-state index contributed by atoms with van der Waals surface area (Å²) in [4.78, 5) is 15.2. The van der Waals surface area contributed by atoms with Gasteiger partial charge < -0.3 is 4.74 Å².